The zero-order chi connectivity index (χ0) is 8.55. The molecule has 1 aliphatic rings. The van der Waals surface area contributed by atoms with Crippen LogP contribution in [0.4, 0.5) is 5.82 Å². The fraction of sp³-hybridized carbons (Fsp3) is 0.375. The van der Waals surface area contributed by atoms with Crippen LogP contribution in [0.5, 0.6) is 0 Å². The predicted octanol–water partition coefficient (Wildman–Crippen LogP) is 0.882. The second-order valence-corrected chi connectivity index (χ2v) is 3.37. The molecule has 1 saturated heterocycles. The second kappa shape index (κ2) is 2.92. The Morgan fingerprint density at radius 3 is 2.83 bits per heavy atom. The van der Waals surface area contributed by atoms with E-state index < -0.39 is 0 Å². The molecule has 0 amide bonds. The largest absolute Gasteiger partial charge is 0.353 e. The van der Waals surface area contributed by atoms with Gasteiger partial charge in [-0.15, -0.1) is 0 Å². The lowest BCUT2D eigenvalue weighted by molar-refractivity contribution is 0.514. The zero-order valence-electron chi connectivity index (χ0n) is 6.57. The Bertz CT molecular complexity index is 283. The van der Waals surface area contributed by atoms with Gasteiger partial charge in [0.05, 0.1) is 0 Å². The van der Waals surface area contributed by atoms with Crippen LogP contribution in [0.2, 0.25) is 5.15 Å². The van der Waals surface area contributed by atoms with Gasteiger partial charge in [0.1, 0.15) is 11.0 Å². The van der Waals surface area contributed by atoms with Gasteiger partial charge >= 0.3 is 0 Å². The predicted molar refractivity (Wildman–Crippen MR) is 49.4 cm³/mol. The fourth-order valence-corrected chi connectivity index (χ4v) is 1.43. The lowest BCUT2D eigenvalue weighted by atomic mass is 10.1. The summed E-state index contributed by atoms with van der Waals surface area (Å²) in [5, 5.41) is 0.535. The highest BCUT2D eigenvalue weighted by atomic mass is 35.5. The zero-order valence-corrected chi connectivity index (χ0v) is 7.33. The van der Waals surface area contributed by atoms with Crippen molar-refractivity contribution < 1.29 is 0 Å². The Morgan fingerprint density at radius 1 is 1.50 bits per heavy atom. The summed E-state index contributed by atoms with van der Waals surface area (Å²) < 4.78 is 0. The molecule has 0 saturated carbocycles. The van der Waals surface area contributed by atoms with Gasteiger partial charge in [-0.1, -0.05) is 17.7 Å². The van der Waals surface area contributed by atoms with E-state index in [0.717, 1.165) is 18.9 Å². The summed E-state index contributed by atoms with van der Waals surface area (Å²) in [6.07, 6.45) is 0. The van der Waals surface area contributed by atoms with Crippen molar-refractivity contribution in [1.29, 1.82) is 0 Å². The van der Waals surface area contributed by atoms with Crippen molar-refractivity contribution >= 4 is 17.4 Å². The summed E-state index contributed by atoms with van der Waals surface area (Å²) in [7, 11) is 0. The maximum Gasteiger partial charge on any atom is 0.131 e. The number of hydrogen-bond acceptors (Lipinski definition) is 3. The Kier molecular flexibility index (Phi) is 1.90. The van der Waals surface area contributed by atoms with E-state index in [1.165, 1.54) is 0 Å². The van der Waals surface area contributed by atoms with Crippen LogP contribution >= 0.6 is 11.6 Å². The SMILES string of the molecule is NC1CN(c2cccc(Cl)n2)C1. The van der Waals surface area contributed by atoms with Crippen LogP contribution in [0.15, 0.2) is 18.2 Å². The van der Waals surface area contributed by atoms with Gasteiger partial charge in [-0.2, -0.15) is 0 Å². The standard InChI is InChI=1S/C8H10ClN3/c9-7-2-1-3-8(11-7)12-4-6(10)5-12/h1-3,6H,4-5,10H2. The molecule has 64 valence electrons. The first-order valence-corrected chi connectivity index (χ1v) is 4.26. The van der Waals surface area contributed by atoms with Crippen LogP contribution in [0.1, 0.15) is 0 Å². The van der Waals surface area contributed by atoms with Gasteiger partial charge in [0.2, 0.25) is 0 Å². The van der Waals surface area contributed by atoms with Crippen LogP contribution in [0.25, 0.3) is 0 Å². The number of nitrogens with zero attached hydrogens (tertiary/aromatic N) is 2. The Labute approximate surface area is 76.1 Å². The summed E-state index contributed by atoms with van der Waals surface area (Å²) in [5.74, 6) is 0.921. The van der Waals surface area contributed by atoms with E-state index in [9.17, 15) is 0 Å². The Hall–Kier alpha value is -0.800. The highest BCUT2D eigenvalue weighted by molar-refractivity contribution is 6.29. The molecule has 2 heterocycles. The number of aromatic nitrogens is 1. The molecule has 1 aromatic heterocycles. The molecule has 1 aliphatic heterocycles. The van der Waals surface area contributed by atoms with Crippen LogP contribution in [-0.2, 0) is 0 Å². The molecule has 0 aromatic carbocycles. The van der Waals surface area contributed by atoms with Gasteiger partial charge in [0, 0.05) is 19.1 Å². The highest BCUT2D eigenvalue weighted by Gasteiger charge is 2.23. The number of rotatable bonds is 1. The first-order chi connectivity index (χ1) is 5.75. The Morgan fingerprint density at radius 2 is 2.25 bits per heavy atom. The van der Waals surface area contributed by atoms with Gasteiger partial charge < -0.3 is 10.6 Å². The monoisotopic (exact) mass is 183 g/mol. The molecule has 1 fully saturated rings. The molecule has 0 unspecified atom stereocenters. The van der Waals surface area contributed by atoms with Crippen molar-refractivity contribution in [3.63, 3.8) is 0 Å². The molecule has 0 aliphatic carbocycles. The fourth-order valence-electron chi connectivity index (χ4n) is 1.27. The molecule has 1 aromatic rings. The van der Waals surface area contributed by atoms with Crippen molar-refractivity contribution in [2.75, 3.05) is 18.0 Å². The first-order valence-electron chi connectivity index (χ1n) is 3.89. The smallest absolute Gasteiger partial charge is 0.131 e. The topological polar surface area (TPSA) is 42.1 Å². The number of halogens is 1. The van der Waals surface area contributed by atoms with Gasteiger partial charge in [0.25, 0.3) is 0 Å². The number of nitrogens with two attached hydrogens (primary N) is 1. The molecule has 2 rings (SSSR count). The number of hydrogen-bond donors (Lipinski definition) is 1. The van der Waals surface area contributed by atoms with E-state index in [-0.39, 0.29) is 0 Å². The molecule has 0 atom stereocenters. The van der Waals surface area contributed by atoms with Crippen molar-refractivity contribution in [2.45, 2.75) is 6.04 Å². The summed E-state index contributed by atoms with van der Waals surface area (Å²) in [5.41, 5.74) is 5.64. The number of anilines is 1. The third kappa shape index (κ3) is 1.38. The third-order valence-corrected chi connectivity index (χ3v) is 2.14. The Balaban J connectivity index is 2.13. The molecule has 0 spiro atoms. The van der Waals surface area contributed by atoms with Crippen LogP contribution in [-0.4, -0.2) is 24.1 Å². The van der Waals surface area contributed by atoms with Gasteiger partial charge in [-0.3, -0.25) is 0 Å². The summed E-state index contributed by atoms with van der Waals surface area (Å²) in [6, 6.07) is 5.91. The van der Waals surface area contributed by atoms with E-state index in [2.05, 4.69) is 9.88 Å². The lowest BCUT2D eigenvalue weighted by Crippen LogP contribution is -2.56. The normalized spacial score (nSPS) is 17.7. The maximum atomic E-state index is 5.74. The molecule has 0 radical (unpaired) electrons. The molecule has 4 heteroatoms. The summed E-state index contributed by atoms with van der Waals surface area (Å²) >= 11 is 5.74. The molecule has 2 N–H and O–H groups in total. The van der Waals surface area contributed by atoms with Crippen molar-refractivity contribution in [3.8, 4) is 0 Å². The quantitative estimate of drug-likeness (QED) is 0.658. The van der Waals surface area contributed by atoms with Crippen molar-refractivity contribution in [1.82, 2.24) is 4.98 Å². The van der Waals surface area contributed by atoms with Gasteiger partial charge in [0.15, 0.2) is 0 Å². The van der Waals surface area contributed by atoms with Crippen molar-refractivity contribution in [3.05, 3.63) is 23.4 Å². The minimum atomic E-state index is 0.297. The van der Waals surface area contributed by atoms with E-state index >= 15 is 0 Å². The lowest BCUT2D eigenvalue weighted by Gasteiger charge is -2.37. The number of pyridine rings is 1. The van der Waals surface area contributed by atoms with Crippen LogP contribution in [0.3, 0.4) is 0 Å². The molecule has 3 nitrogen and oxygen atoms in total. The molecule has 12 heavy (non-hydrogen) atoms. The summed E-state index contributed by atoms with van der Waals surface area (Å²) in [6.45, 7) is 1.76. The van der Waals surface area contributed by atoms with E-state index in [0.29, 0.717) is 11.2 Å². The minimum Gasteiger partial charge on any atom is -0.353 e. The van der Waals surface area contributed by atoms with E-state index in [1.807, 2.05) is 12.1 Å². The average molecular weight is 184 g/mol. The van der Waals surface area contributed by atoms with E-state index in [4.69, 9.17) is 17.3 Å². The second-order valence-electron chi connectivity index (χ2n) is 2.98. The third-order valence-electron chi connectivity index (χ3n) is 1.93. The van der Waals surface area contributed by atoms with Crippen LogP contribution in [0, 0.1) is 0 Å². The molecule has 0 bridgehead atoms. The average Bonchev–Trinajstić information content (AvgIpc) is 1.99. The van der Waals surface area contributed by atoms with Gasteiger partial charge in [-0.25, -0.2) is 4.98 Å². The summed E-state index contributed by atoms with van der Waals surface area (Å²) in [4.78, 5) is 6.27. The van der Waals surface area contributed by atoms with Gasteiger partial charge in [-0.05, 0) is 12.1 Å². The molecular weight excluding hydrogens is 174 g/mol. The molecular formula is C8H10ClN3. The van der Waals surface area contributed by atoms with Crippen LogP contribution < -0.4 is 10.6 Å². The van der Waals surface area contributed by atoms with Crippen molar-refractivity contribution in [2.24, 2.45) is 5.73 Å². The maximum absolute atomic E-state index is 5.74. The first kappa shape index (κ1) is 7.83. The minimum absolute atomic E-state index is 0.297. The highest BCUT2D eigenvalue weighted by Crippen LogP contribution is 2.18. The van der Waals surface area contributed by atoms with E-state index in [1.54, 1.807) is 6.07 Å².